The lowest BCUT2D eigenvalue weighted by Crippen LogP contribution is -2.36. The summed E-state index contributed by atoms with van der Waals surface area (Å²) >= 11 is 6.07. The van der Waals surface area contributed by atoms with Crippen LogP contribution in [0.1, 0.15) is 25.7 Å². The van der Waals surface area contributed by atoms with Crippen molar-refractivity contribution in [1.82, 2.24) is 0 Å². The SMILES string of the molecule is COc1cc(NC2CCCCC2O)c(OC)cc1Cl. The summed E-state index contributed by atoms with van der Waals surface area (Å²) in [5.74, 6) is 1.25. The summed E-state index contributed by atoms with van der Waals surface area (Å²) in [7, 11) is 3.17. The maximum absolute atomic E-state index is 10.0. The van der Waals surface area contributed by atoms with E-state index < -0.39 is 0 Å². The molecule has 0 amide bonds. The number of ether oxygens (including phenoxy) is 2. The monoisotopic (exact) mass is 285 g/mol. The molecule has 0 spiro atoms. The van der Waals surface area contributed by atoms with Crippen LogP contribution in [0, 0.1) is 0 Å². The molecule has 1 aliphatic rings. The highest BCUT2D eigenvalue weighted by molar-refractivity contribution is 6.32. The quantitative estimate of drug-likeness (QED) is 0.893. The van der Waals surface area contributed by atoms with Gasteiger partial charge in [-0.15, -0.1) is 0 Å². The minimum absolute atomic E-state index is 0.0496. The summed E-state index contributed by atoms with van der Waals surface area (Å²) in [6.07, 6.45) is 3.68. The smallest absolute Gasteiger partial charge is 0.143 e. The number of halogens is 1. The van der Waals surface area contributed by atoms with Crippen molar-refractivity contribution in [3.8, 4) is 11.5 Å². The average molecular weight is 286 g/mol. The minimum atomic E-state index is -0.319. The van der Waals surface area contributed by atoms with Crippen LogP contribution in [0.2, 0.25) is 5.02 Å². The molecule has 2 atom stereocenters. The minimum Gasteiger partial charge on any atom is -0.495 e. The number of hydrogen-bond acceptors (Lipinski definition) is 4. The Bertz CT molecular complexity index is 439. The van der Waals surface area contributed by atoms with Gasteiger partial charge in [-0.2, -0.15) is 0 Å². The molecule has 1 aliphatic carbocycles. The molecule has 0 bridgehead atoms. The lowest BCUT2D eigenvalue weighted by Gasteiger charge is -2.30. The Balaban J connectivity index is 2.22. The molecule has 0 aliphatic heterocycles. The zero-order valence-electron chi connectivity index (χ0n) is 11.3. The second-order valence-electron chi connectivity index (χ2n) is 4.79. The standard InChI is InChI=1S/C14H20ClNO3/c1-18-13-8-11(14(19-2)7-9(13)15)16-10-5-3-4-6-12(10)17/h7-8,10,12,16-17H,3-6H2,1-2H3. The van der Waals surface area contributed by atoms with Crippen molar-refractivity contribution in [1.29, 1.82) is 0 Å². The van der Waals surface area contributed by atoms with Crippen molar-refractivity contribution in [3.05, 3.63) is 17.2 Å². The van der Waals surface area contributed by atoms with E-state index in [1.54, 1.807) is 20.3 Å². The van der Waals surface area contributed by atoms with Gasteiger partial charge in [-0.3, -0.25) is 0 Å². The van der Waals surface area contributed by atoms with Crippen LogP contribution in [0.25, 0.3) is 0 Å². The topological polar surface area (TPSA) is 50.7 Å². The molecule has 106 valence electrons. The second-order valence-corrected chi connectivity index (χ2v) is 5.20. The summed E-state index contributed by atoms with van der Waals surface area (Å²) in [6, 6.07) is 3.58. The highest BCUT2D eigenvalue weighted by Crippen LogP contribution is 2.37. The van der Waals surface area contributed by atoms with E-state index in [0.29, 0.717) is 16.5 Å². The van der Waals surface area contributed by atoms with Crippen molar-refractivity contribution < 1.29 is 14.6 Å². The molecule has 4 nitrogen and oxygen atoms in total. The number of aliphatic hydroxyl groups excluding tert-OH is 1. The zero-order chi connectivity index (χ0) is 13.8. The van der Waals surface area contributed by atoms with Crippen LogP contribution in [-0.2, 0) is 0 Å². The largest absolute Gasteiger partial charge is 0.495 e. The zero-order valence-corrected chi connectivity index (χ0v) is 12.0. The molecule has 1 fully saturated rings. The van der Waals surface area contributed by atoms with E-state index in [9.17, 15) is 5.11 Å². The molecule has 0 radical (unpaired) electrons. The number of methoxy groups -OCH3 is 2. The first-order chi connectivity index (χ1) is 9.15. The highest BCUT2D eigenvalue weighted by atomic mass is 35.5. The van der Waals surface area contributed by atoms with Crippen molar-refractivity contribution in [2.24, 2.45) is 0 Å². The molecule has 1 aromatic rings. The Labute approximate surface area is 118 Å². The number of rotatable bonds is 4. The lowest BCUT2D eigenvalue weighted by atomic mass is 9.92. The van der Waals surface area contributed by atoms with Crippen LogP contribution in [-0.4, -0.2) is 31.5 Å². The van der Waals surface area contributed by atoms with Gasteiger partial charge < -0.3 is 19.9 Å². The molecule has 2 rings (SSSR count). The Kier molecular flexibility index (Phi) is 4.77. The number of aliphatic hydroxyl groups is 1. The number of anilines is 1. The summed E-state index contributed by atoms with van der Waals surface area (Å²) in [5.41, 5.74) is 0.801. The average Bonchev–Trinajstić information content (AvgIpc) is 2.42. The van der Waals surface area contributed by atoms with Crippen LogP contribution in [0.5, 0.6) is 11.5 Å². The predicted octanol–water partition coefficient (Wildman–Crippen LogP) is 3.07. The summed E-state index contributed by atoms with van der Waals surface area (Å²) in [5, 5.41) is 13.9. The maximum atomic E-state index is 10.0. The van der Waals surface area contributed by atoms with Gasteiger partial charge in [0, 0.05) is 12.1 Å². The summed E-state index contributed by atoms with van der Waals surface area (Å²) in [6.45, 7) is 0. The fraction of sp³-hybridized carbons (Fsp3) is 0.571. The molecule has 19 heavy (non-hydrogen) atoms. The molecule has 0 saturated heterocycles. The van der Waals surface area contributed by atoms with E-state index >= 15 is 0 Å². The third kappa shape index (κ3) is 3.25. The first-order valence-corrected chi connectivity index (χ1v) is 6.89. The Morgan fingerprint density at radius 2 is 1.84 bits per heavy atom. The van der Waals surface area contributed by atoms with Crippen molar-refractivity contribution >= 4 is 17.3 Å². The van der Waals surface area contributed by atoms with Gasteiger partial charge in [-0.1, -0.05) is 24.4 Å². The first-order valence-electron chi connectivity index (χ1n) is 6.52. The van der Waals surface area contributed by atoms with E-state index in [1.165, 1.54) is 0 Å². The lowest BCUT2D eigenvalue weighted by molar-refractivity contribution is 0.116. The van der Waals surface area contributed by atoms with Crippen LogP contribution in [0.3, 0.4) is 0 Å². The van der Waals surface area contributed by atoms with Gasteiger partial charge in [0.25, 0.3) is 0 Å². The van der Waals surface area contributed by atoms with Gasteiger partial charge in [0.2, 0.25) is 0 Å². The van der Waals surface area contributed by atoms with Gasteiger partial charge in [-0.05, 0) is 12.8 Å². The van der Waals surface area contributed by atoms with Crippen LogP contribution in [0.15, 0.2) is 12.1 Å². The molecule has 0 aromatic heterocycles. The maximum Gasteiger partial charge on any atom is 0.143 e. The number of nitrogens with one attached hydrogen (secondary N) is 1. The van der Waals surface area contributed by atoms with Crippen molar-refractivity contribution in [2.45, 2.75) is 37.8 Å². The molecule has 1 aromatic carbocycles. The van der Waals surface area contributed by atoms with Crippen LogP contribution in [0.4, 0.5) is 5.69 Å². The molecule has 1 saturated carbocycles. The van der Waals surface area contributed by atoms with E-state index in [0.717, 1.165) is 31.4 Å². The first kappa shape index (κ1) is 14.3. The Morgan fingerprint density at radius 3 is 2.47 bits per heavy atom. The molecular weight excluding hydrogens is 266 g/mol. The van der Waals surface area contributed by atoms with Crippen LogP contribution < -0.4 is 14.8 Å². The van der Waals surface area contributed by atoms with Gasteiger partial charge in [0.05, 0.1) is 37.1 Å². The van der Waals surface area contributed by atoms with E-state index in [1.807, 2.05) is 6.07 Å². The van der Waals surface area contributed by atoms with E-state index in [2.05, 4.69) is 5.32 Å². The predicted molar refractivity (Wildman–Crippen MR) is 76.4 cm³/mol. The Hall–Kier alpha value is -1.13. The second kappa shape index (κ2) is 6.35. The fourth-order valence-electron chi connectivity index (χ4n) is 2.45. The van der Waals surface area contributed by atoms with Gasteiger partial charge in [0.15, 0.2) is 0 Å². The van der Waals surface area contributed by atoms with Crippen LogP contribution >= 0.6 is 11.6 Å². The van der Waals surface area contributed by atoms with Gasteiger partial charge >= 0.3 is 0 Å². The van der Waals surface area contributed by atoms with E-state index in [4.69, 9.17) is 21.1 Å². The third-order valence-corrected chi connectivity index (χ3v) is 3.84. The van der Waals surface area contributed by atoms with Gasteiger partial charge in [-0.25, -0.2) is 0 Å². The molecule has 5 heteroatoms. The number of benzene rings is 1. The molecule has 0 heterocycles. The normalized spacial score (nSPS) is 22.9. The highest BCUT2D eigenvalue weighted by Gasteiger charge is 2.24. The summed E-state index contributed by atoms with van der Waals surface area (Å²) < 4.78 is 10.5. The Morgan fingerprint density at radius 1 is 1.16 bits per heavy atom. The third-order valence-electron chi connectivity index (χ3n) is 3.54. The molecule has 2 unspecified atom stereocenters. The van der Waals surface area contributed by atoms with E-state index in [-0.39, 0.29) is 12.1 Å². The molecule has 2 N–H and O–H groups in total. The van der Waals surface area contributed by atoms with Crippen molar-refractivity contribution in [3.63, 3.8) is 0 Å². The molecular formula is C14H20ClNO3. The number of hydrogen-bond donors (Lipinski definition) is 2. The van der Waals surface area contributed by atoms with Crippen molar-refractivity contribution in [2.75, 3.05) is 19.5 Å². The summed E-state index contributed by atoms with van der Waals surface area (Å²) in [4.78, 5) is 0. The van der Waals surface area contributed by atoms with Gasteiger partial charge in [0.1, 0.15) is 11.5 Å². The fourth-order valence-corrected chi connectivity index (χ4v) is 2.68.